The fourth-order valence-corrected chi connectivity index (χ4v) is 3.09. The number of hydrogen-bond acceptors (Lipinski definition) is 3. The monoisotopic (exact) mass is 287 g/mol. The molecule has 2 rings (SSSR count). The third-order valence-corrected chi connectivity index (χ3v) is 4.41. The Morgan fingerprint density at radius 3 is 2.83 bits per heavy atom. The van der Waals surface area contributed by atoms with Crippen molar-refractivity contribution in [1.29, 1.82) is 0 Å². The molecule has 1 heterocycles. The first-order chi connectivity index (χ1) is 8.63. The summed E-state index contributed by atoms with van der Waals surface area (Å²) in [5.41, 5.74) is 0. The molecule has 1 aromatic rings. The Bertz CT molecular complexity index is 402. The van der Waals surface area contributed by atoms with Gasteiger partial charge in [0, 0.05) is 17.1 Å². The quantitative estimate of drug-likeness (QED) is 0.897. The molecule has 0 unspecified atom stereocenters. The van der Waals surface area contributed by atoms with Crippen molar-refractivity contribution in [1.82, 2.24) is 15.6 Å². The molecule has 2 amide bonds. The lowest BCUT2D eigenvalue weighted by Gasteiger charge is -2.26. The molecule has 0 bridgehead atoms. The Morgan fingerprint density at radius 2 is 2.22 bits per heavy atom. The summed E-state index contributed by atoms with van der Waals surface area (Å²) >= 11 is 7.11. The molecule has 0 saturated heterocycles. The molecule has 0 atom stereocenters. The second-order valence-electron chi connectivity index (χ2n) is 4.86. The van der Waals surface area contributed by atoms with Crippen molar-refractivity contribution in [2.75, 3.05) is 0 Å². The van der Waals surface area contributed by atoms with Crippen LogP contribution in [0.5, 0.6) is 0 Å². The number of carbonyl (C=O) groups is 1. The third kappa shape index (κ3) is 4.14. The largest absolute Gasteiger partial charge is 0.335 e. The molecule has 1 aliphatic rings. The van der Waals surface area contributed by atoms with Gasteiger partial charge in [-0.05, 0) is 31.6 Å². The Morgan fingerprint density at radius 1 is 1.50 bits per heavy atom. The van der Waals surface area contributed by atoms with Crippen LogP contribution in [0.15, 0.2) is 6.20 Å². The Kier molecular flexibility index (Phi) is 4.83. The maximum Gasteiger partial charge on any atom is 0.315 e. The van der Waals surface area contributed by atoms with Crippen molar-refractivity contribution in [2.24, 2.45) is 5.92 Å². The van der Waals surface area contributed by atoms with Crippen LogP contribution in [-0.2, 0) is 6.54 Å². The lowest BCUT2D eigenvalue weighted by Crippen LogP contribution is -2.43. The number of halogens is 1. The van der Waals surface area contributed by atoms with Crippen molar-refractivity contribution in [2.45, 2.75) is 45.2 Å². The minimum atomic E-state index is -0.0981. The molecule has 1 aliphatic carbocycles. The standard InChI is InChI=1S/C12H18ClN3OS/c1-8-2-4-9(5-3-8)16-12(17)15-7-10-6-14-11(13)18-10/h6,8-9H,2-5,7H2,1H3,(H2,15,16,17). The number of amides is 2. The summed E-state index contributed by atoms with van der Waals surface area (Å²) in [5.74, 6) is 0.797. The Hall–Kier alpha value is -0.810. The van der Waals surface area contributed by atoms with E-state index < -0.39 is 0 Å². The van der Waals surface area contributed by atoms with Gasteiger partial charge in [0.15, 0.2) is 4.47 Å². The van der Waals surface area contributed by atoms with Gasteiger partial charge >= 0.3 is 6.03 Å². The molecule has 0 radical (unpaired) electrons. The third-order valence-electron chi connectivity index (χ3n) is 3.30. The highest BCUT2D eigenvalue weighted by Crippen LogP contribution is 2.23. The van der Waals surface area contributed by atoms with E-state index in [0.29, 0.717) is 17.1 Å². The lowest BCUT2D eigenvalue weighted by atomic mass is 9.87. The molecule has 0 aromatic carbocycles. The van der Waals surface area contributed by atoms with Crippen molar-refractivity contribution in [3.63, 3.8) is 0 Å². The van der Waals surface area contributed by atoms with E-state index in [4.69, 9.17) is 11.6 Å². The normalized spacial score (nSPS) is 23.7. The minimum absolute atomic E-state index is 0.0981. The van der Waals surface area contributed by atoms with E-state index in [0.717, 1.165) is 23.6 Å². The summed E-state index contributed by atoms with van der Waals surface area (Å²) in [7, 11) is 0. The van der Waals surface area contributed by atoms with Gasteiger partial charge in [0.1, 0.15) is 0 Å². The zero-order chi connectivity index (χ0) is 13.0. The van der Waals surface area contributed by atoms with E-state index in [1.54, 1.807) is 6.20 Å². The first-order valence-electron chi connectivity index (χ1n) is 6.28. The van der Waals surface area contributed by atoms with Gasteiger partial charge in [-0.15, -0.1) is 11.3 Å². The van der Waals surface area contributed by atoms with E-state index in [-0.39, 0.29) is 6.03 Å². The van der Waals surface area contributed by atoms with Gasteiger partial charge in [-0.25, -0.2) is 9.78 Å². The molecule has 4 nitrogen and oxygen atoms in total. The van der Waals surface area contributed by atoms with Crippen molar-refractivity contribution < 1.29 is 4.79 Å². The van der Waals surface area contributed by atoms with E-state index in [2.05, 4.69) is 22.5 Å². The zero-order valence-corrected chi connectivity index (χ0v) is 12.0. The molecular formula is C12H18ClN3OS. The summed E-state index contributed by atoms with van der Waals surface area (Å²) < 4.78 is 0.508. The minimum Gasteiger partial charge on any atom is -0.335 e. The Labute approximate surface area is 116 Å². The van der Waals surface area contributed by atoms with Crippen LogP contribution in [0.1, 0.15) is 37.5 Å². The summed E-state index contributed by atoms with van der Waals surface area (Å²) in [4.78, 5) is 16.6. The van der Waals surface area contributed by atoms with Crippen molar-refractivity contribution >= 4 is 29.0 Å². The molecule has 18 heavy (non-hydrogen) atoms. The maximum atomic E-state index is 11.7. The van der Waals surface area contributed by atoms with Crippen LogP contribution >= 0.6 is 22.9 Å². The highest BCUT2D eigenvalue weighted by molar-refractivity contribution is 7.15. The molecule has 1 saturated carbocycles. The molecule has 0 spiro atoms. The number of carbonyl (C=O) groups excluding carboxylic acids is 1. The zero-order valence-electron chi connectivity index (χ0n) is 10.4. The number of urea groups is 1. The van der Waals surface area contributed by atoms with Crippen molar-refractivity contribution in [3.05, 3.63) is 15.5 Å². The number of nitrogens with zero attached hydrogens (tertiary/aromatic N) is 1. The van der Waals surface area contributed by atoms with E-state index in [1.165, 1.54) is 24.2 Å². The molecule has 100 valence electrons. The first kappa shape index (κ1) is 13.6. The average Bonchev–Trinajstić information content (AvgIpc) is 2.76. The fraction of sp³-hybridized carbons (Fsp3) is 0.667. The summed E-state index contributed by atoms with van der Waals surface area (Å²) in [6.07, 6.45) is 6.27. The van der Waals surface area contributed by atoms with Crippen LogP contribution in [0.2, 0.25) is 4.47 Å². The molecule has 2 N–H and O–H groups in total. The summed E-state index contributed by atoms with van der Waals surface area (Å²) in [5, 5.41) is 5.85. The molecule has 6 heteroatoms. The predicted octanol–water partition coefficient (Wildman–Crippen LogP) is 3.17. The number of rotatable bonds is 3. The summed E-state index contributed by atoms with van der Waals surface area (Å²) in [6.45, 7) is 2.75. The Balaban J connectivity index is 1.69. The van der Waals surface area contributed by atoms with Gasteiger partial charge in [0.25, 0.3) is 0 Å². The van der Waals surface area contributed by atoms with Gasteiger partial charge in [0.2, 0.25) is 0 Å². The number of aromatic nitrogens is 1. The number of thiazole rings is 1. The van der Waals surface area contributed by atoms with Crippen LogP contribution in [0.3, 0.4) is 0 Å². The average molecular weight is 288 g/mol. The topological polar surface area (TPSA) is 54.0 Å². The van der Waals surface area contributed by atoms with Gasteiger partial charge < -0.3 is 10.6 Å². The van der Waals surface area contributed by atoms with Gasteiger partial charge in [-0.3, -0.25) is 0 Å². The SMILES string of the molecule is CC1CCC(NC(=O)NCc2cnc(Cl)s2)CC1. The maximum absolute atomic E-state index is 11.7. The second kappa shape index (κ2) is 6.38. The van der Waals surface area contributed by atoms with Crippen LogP contribution in [0, 0.1) is 5.92 Å². The fourth-order valence-electron chi connectivity index (χ4n) is 2.17. The van der Waals surface area contributed by atoms with Crippen LogP contribution in [-0.4, -0.2) is 17.1 Å². The van der Waals surface area contributed by atoms with Gasteiger partial charge in [-0.1, -0.05) is 18.5 Å². The molecule has 0 aliphatic heterocycles. The predicted molar refractivity (Wildman–Crippen MR) is 73.9 cm³/mol. The summed E-state index contributed by atoms with van der Waals surface area (Å²) in [6, 6.07) is 0.227. The highest BCUT2D eigenvalue weighted by Gasteiger charge is 2.19. The van der Waals surface area contributed by atoms with Crippen LogP contribution in [0.25, 0.3) is 0 Å². The van der Waals surface area contributed by atoms with Crippen molar-refractivity contribution in [3.8, 4) is 0 Å². The number of hydrogen-bond donors (Lipinski definition) is 2. The van der Waals surface area contributed by atoms with Gasteiger partial charge in [0.05, 0.1) is 6.54 Å². The smallest absolute Gasteiger partial charge is 0.315 e. The van der Waals surface area contributed by atoms with E-state index in [1.807, 2.05) is 0 Å². The van der Waals surface area contributed by atoms with Crippen LogP contribution < -0.4 is 10.6 Å². The van der Waals surface area contributed by atoms with E-state index >= 15 is 0 Å². The molecular weight excluding hydrogens is 270 g/mol. The molecule has 1 fully saturated rings. The van der Waals surface area contributed by atoms with Gasteiger partial charge in [-0.2, -0.15) is 0 Å². The number of nitrogens with one attached hydrogen (secondary N) is 2. The molecule has 1 aromatic heterocycles. The first-order valence-corrected chi connectivity index (χ1v) is 7.47. The van der Waals surface area contributed by atoms with E-state index in [9.17, 15) is 4.79 Å². The second-order valence-corrected chi connectivity index (χ2v) is 6.56. The highest BCUT2D eigenvalue weighted by atomic mass is 35.5. The van der Waals surface area contributed by atoms with Crippen LogP contribution in [0.4, 0.5) is 4.79 Å². The lowest BCUT2D eigenvalue weighted by molar-refractivity contribution is 0.228.